The molecule has 1 saturated heterocycles. The van der Waals surface area contributed by atoms with Gasteiger partial charge in [0.2, 0.25) is 10.0 Å². The Morgan fingerprint density at radius 1 is 1.25 bits per heavy atom. The number of likely N-dealkylation sites (N-methyl/N-ethyl adjacent to an activating group) is 1. The molecule has 3 heterocycles. The summed E-state index contributed by atoms with van der Waals surface area (Å²) < 4.78 is 28.2. The zero-order valence-corrected chi connectivity index (χ0v) is 16.8. The maximum Gasteiger partial charge on any atom is 0.243 e. The molecule has 5 rings (SSSR count). The van der Waals surface area contributed by atoms with Gasteiger partial charge in [0.15, 0.2) is 0 Å². The topological polar surface area (TPSA) is 82.2 Å². The molecular formula is C20H23N5O2S. The van der Waals surface area contributed by atoms with Crippen molar-refractivity contribution in [2.75, 3.05) is 25.0 Å². The molecule has 1 atom stereocenters. The molecule has 8 heteroatoms. The number of benzene rings is 1. The third-order valence-electron chi connectivity index (χ3n) is 6.23. The lowest BCUT2D eigenvalue weighted by Crippen LogP contribution is -2.40. The van der Waals surface area contributed by atoms with Gasteiger partial charge in [-0.25, -0.2) is 18.4 Å². The van der Waals surface area contributed by atoms with Gasteiger partial charge in [-0.05, 0) is 43.5 Å². The maximum absolute atomic E-state index is 13.3. The second-order valence-corrected chi connectivity index (χ2v) is 9.98. The lowest BCUT2D eigenvalue weighted by atomic mass is 9.99. The number of hydrogen-bond acceptors (Lipinski definition) is 5. The van der Waals surface area contributed by atoms with Crippen LogP contribution in [0.2, 0.25) is 0 Å². The highest BCUT2D eigenvalue weighted by molar-refractivity contribution is 7.89. The van der Waals surface area contributed by atoms with Crippen LogP contribution in [0.15, 0.2) is 47.8 Å². The summed E-state index contributed by atoms with van der Waals surface area (Å²) in [5.41, 5.74) is 1.76. The number of fused-ring (bicyclic) bond motifs is 1. The van der Waals surface area contributed by atoms with Crippen molar-refractivity contribution in [3.8, 4) is 0 Å². The van der Waals surface area contributed by atoms with E-state index >= 15 is 0 Å². The predicted molar refractivity (Wildman–Crippen MR) is 108 cm³/mol. The minimum Gasteiger partial charge on any atom is -0.354 e. The van der Waals surface area contributed by atoms with Crippen LogP contribution < -0.4 is 4.90 Å². The monoisotopic (exact) mass is 397 g/mol. The Morgan fingerprint density at radius 2 is 2.07 bits per heavy atom. The quantitative estimate of drug-likeness (QED) is 0.732. The van der Waals surface area contributed by atoms with Crippen molar-refractivity contribution >= 4 is 26.9 Å². The van der Waals surface area contributed by atoms with E-state index in [-0.39, 0.29) is 11.5 Å². The van der Waals surface area contributed by atoms with Crippen LogP contribution in [-0.4, -0.2) is 53.9 Å². The van der Waals surface area contributed by atoms with E-state index in [2.05, 4.69) is 19.9 Å². The molecule has 1 saturated carbocycles. The fourth-order valence-electron chi connectivity index (χ4n) is 4.49. The molecular weight excluding hydrogens is 374 g/mol. The number of nitrogens with zero attached hydrogens (tertiary/aromatic N) is 4. The molecule has 0 bridgehead atoms. The van der Waals surface area contributed by atoms with Gasteiger partial charge in [-0.1, -0.05) is 12.1 Å². The third-order valence-corrected chi connectivity index (χ3v) is 8.04. The molecule has 7 nitrogen and oxygen atoms in total. The first-order chi connectivity index (χ1) is 13.4. The van der Waals surface area contributed by atoms with Gasteiger partial charge in [-0.2, -0.15) is 4.31 Å². The van der Waals surface area contributed by atoms with E-state index in [1.54, 1.807) is 28.8 Å². The molecule has 28 heavy (non-hydrogen) atoms. The molecule has 1 aliphatic heterocycles. The number of aromatic amines is 1. The number of H-pyrrole nitrogens is 1. The highest BCUT2D eigenvalue weighted by Gasteiger charge is 2.59. The first-order valence-electron chi connectivity index (χ1n) is 9.48. The number of hydrogen-bond donors (Lipinski definition) is 1. The Balaban J connectivity index is 1.48. The van der Waals surface area contributed by atoms with Crippen molar-refractivity contribution in [3.05, 3.63) is 48.4 Å². The Bertz CT molecular complexity index is 1150. The van der Waals surface area contributed by atoms with E-state index in [9.17, 15) is 8.42 Å². The van der Waals surface area contributed by atoms with E-state index in [0.29, 0.717) is 18.0 Å². The van der Waals surface area contributed by atoms with Crippen LogP contribution in [0.1, 0.15) is 18.4 Å². The molecule has 2 aliphatic rings. The average Bonchev–Trinajstić information content (AvgIpc) is 3.12. The molecule has 0 radical (unpaired) electrons. The summed E-state index contributed by atoms with van der Waals surface area (Å²) in [5, 5.41) is 0.959. The summed E-state index contributed by atoms with van der Waals surface area (Å²) in [6.45, 7) is 2.96. The highest BCUT2D eigenvalue weighted by Crippen LogP contribution is 2.55. The number of rotatable bonds is 4. The van der Waals surface area contributed by atoms with E-state index in [1.807, 2.05) is 32.3 Å². The molecule has 2 aromatic heterocycles. The third kappa shape index (κ3) is 2.62. The zero-order chi connectivity index (χ0) is 19.5. The molecule has 1 aromatic carbocycles. The summed E-state index contributed by atoms with van der Waals surface area (Å²) in [6.07, 6.45) is 5.50. The second kappa shape index (κ2) is 6.02. The van der Waals surface area contributed by atoms with Crippen LogP contribution >= 0.6 is 0 Å². The Morgan fingerprint density at radius 3 is 2.82 bits per heavy atom. The Kier molecular flexibility index (Phi) is 3.79. The molecule has 3 aromatic rings. The summed E-state index contributed by atoms with van der Waals surface area (Å²) >= 11 is 0. The summed E-state index contributed by atoms with van der Waals surface area (Å²) in [7, 11) is -1.49. The number of anilines is 1. The smallest absolute Gasteiger partial charge is 0.243 e. The van der Waals surface area contributed by atoms with Gasteiger partial charge in [0.05, 0.1) is 16.3 Å². The Hall–Kier alpha value is -2.45. The minimum atomic E-state index is -3.50. The van der Waals surface area contributed by atoms with Crippen LogP contribution in [0.5, 0.6) is 0 Å². The van der Waals surface area contributed by atoms with Gasteiger partial charge in [0.1, 0.15) is 17.8 Å². The predicted octanol–water partition coefficient (Wildman–Crippen LogP) is 2.56. The molecule has 0 amide bonds. The lowest BCUT2D eigenvalue weighted by molar-refractivity contribution is 0.446. The summed E-state index contributed by atoms with van der Waals surface area (Å²) in [6, 6.07) is 9.22. The first-order valence-corrected chi connectivity index (χ1v) is 10.9. The van der Waals surface area contributed by atoms with Crippen molar-refractivity contribution < 1.29 is 8.42 Å². The van der Waals surface area contributed by atoms with Crippen LogP contribution in [0.4, 0.5) is 5.82 Å². The average molecular weight is 398 g/mol. The Labute approximate surface area is 164 Å². The van der Waals surface area contributed by atoms with E-state index in [0.717, 1.165) is 35.3 Å². The van der Waals surface area contributed by atoms with Gasteiger partial charge in [-0.15, -0.1) is 0 Å². The minimum absolute atomic E-state index is 0.0131. The van der Waals surface area contributed by atoms with Gasteiger partial charge in [-0.3, -0.25) is 0 Å². The van der Waals surface area contributed by atoms with E-state index in [4.69, 9.17) is 0 Å². The van der Waals surface area contributed by atoms with Gasteiger partial charge in [0.25, 0.3) is 0 Å². The summed E-state index contributed by atoms with van der Waals surface area (Å²) in [5.74, 6) is 0.845. The molecule has 1 unspecified atom stereocenters. The molecule has 146 valence electrons. The number of sulfonamides is 1. The highest BCUT2D eigenvalue weighted by atomic mass is 32.2. The fourth-order valence-corrected chi connectivity index (χ4v) is 6.14. The van der Waals surface area contributed by atoms with Crippen molar-refractivity contribution in [2.45, 2.75) is 30.7 Å². The van der Waals surface area contributed by atoms with Crippen molar-refractivity contribution in [3.63, 3.8) is 0 Å². The SMILES string of the molecule is Cc1cccc(S(=O)(=O)N2CC(N(C)c3ncnc4[nH]ccc34)C3(CC3)C2)c1. The number of nitrogens with one attached hydrogen (secondary N) is 1. The normalized spacial score (nSPS) is 21.4. The molecule has 2 fully saturated rings. The largest absolute Gasteiger partial charge is 0.354 e. The van der Waals surface area contributed by atoms with Crippen molar-refractivity contribution in [1.82, 2.24) is 19.3 Å². The second-order valence-electron chi connectivity index (χ2n) is 8.04. The van der Waals surface area contributed by atoms with Crippen LogP contribution in [-0.2, 0) is 10.0 Å². The van der Waals surface area contributed by atoms with Gasteiger partial charge < -0.3 is 9.88 Å². The van der Waals surface area contributed by atoms with Gasteiger partial charge in [0, 0.05) is 31.7 Å². The lowest BCUT2D eigenvalue weighted by Gasteiger charge is -2.30. The van der Waals surface area contributed by atoms with Crippen molar-refractivity contribution in [2.24, 2.45) is 5.41 Å². The van der Waals surface area contributed by atoms with Gasteiger partial charge >= 0.3 is 0 Å². The van der Waals surface area contributed by atoms with Crippen LogP contribution in [0, 0.1) is 12.3 Å². The zero-order valence-electron chi connectivity index (χ0n) is 16.0. The van der Waals surface area contributed by atoms with E-state index in [1.165, 1.54) is 0 Å². The first kappa shape index (κ1) is 17.6. The van der Waals surface area contributed by atoms with Crippen molar-refractivity contribution in [1.29, 1.82) is 0 Å². The number of aryl methyl sites for hydroxylation is 1. The number of aromatic nitrogens is 3. The molecule has 1 N–H and O–H groups in total. The molecule has 1 spiro atoms. The standard InChI is InChI=1S/C20H23N5O2S/c1-14-4-3-5-15(10-14)28(26,27)25-11-17(20(12-25)7-8-20)24(2)19-16-6-9-21-18(16)22-13-23-19/h3-6,9-10,13,17H,7-8,11-12H2,1-2H3,(H,21,22,23). The molecule has 1 aliphatic carbocycles. The van der Waals surface area contributed by atoms with Crippen LogP contribution in [0.25, 0.3) is 11.0 Å². The van der Waals surface area contributed by atoms with Crippen LogP contribution in [0.3, 0.4) is 0 Å². The van der Waals surface area contributed by atoms with E-state index < -0.39 is 10.0 Å². The fraction of sp³-hybridized carbons (Fsp3) is 0.400. The summed E-state index contributed by atoms with van der Waals surface area (Å²) in [4.78, 5) is 14.4. The maximum atomic E-state index is 13.3.